The minimum Gasteiger partial charge on any atom is -0.481 e. The van der Waals surface area contributed by atoms with Crippen LogP contribution in [0.15, 0.2) is 0 Å². The maximum Gasteiger partial charge on any atom is 0.300 e. The smallest absolute Gasteiger partial charge is 0.300 e. The Labute approximate surface area is 120 Å². The van der Waals surface area contributed by atoms with E-state index in [9.17, 15) is 0 Å². The Balaban J connectivity index is 0. The van der Waals surface area contributed by atoms with Crippen LogP contribution in [0.25, 0.3) is 0 Å². The van der Waals surface area contributed by atoms with Gasteiger partial charge >= 0.3 is 0 Å². The van der Waals surface area contributed by atoms with E-state index < -0.39 is 5.97 Å². The van der Waals surface area contributed by atoms with Gasteiger partial charge in [0.25, 0.3) is 5.97 Å². The first kappa shape index (κ1) is 20.7. The summed E-state index contributed by atoms with van der Waals surface area (Å²) in [5.74, 6) is -0.833. The summed E-state index contributed by atoms with van der Waals surface area (Å²) < 4.78 is 0. The molecule has 3 heteroatoms. The summed E-state index contributed by atoms with van der Waals surface area (Å²) in [7, 11) is 0. The second-order valence-electron chi connectivity index (χ2n) is 5.01. The molecule has 0 aromatic heterocycles. The van der Waals surface area contributed by atoms with E-state index in [1.807, 2.05) is 0 Å². The van der Waals surface area contributed by atoms with Crippen LogP contribution >= 0.6 is 0 Å². The second kappa shape index (κ2) is 15.5. The van der Waals surface area contributed by atoms with Gasteiger partial charge in [0.05, 0.1) is 0 Å². The average molecular weight is 273 g/mol. The Morgan fingerprint density at radius 2 is 1.47 bits per heavy atom. The summed E-state index contributed by atoms with van der Waals surface area (Å²) >= 11 is 0. The van der Waals surface area contributed by atoms with Crippen LogP contribution < -0.4 is 0 Å². The molecule has 0 radical (unpaired) electrons. The molecule has 1 atom stereocenters. The van der Waals surface area contributed by atoms with Crippen molar-refractivity contribution >= 4 is 5.97 Å². The molecule has 0 fully saturated rings. The highest BCUT2D eigenvalue weighted by atomic mass is 16.4. The van der Waals surface area contributed by atoms with Gasteiger partial charge in [0.1, 0.15) is 0 Å². The van der Waals surface area contributed by atoms with E-state index in [2.05, 4.69) is 32.6 Å². The van der Waals surface area contributed by atoms with Gasteiger partial charge in [0.15, 0.2) is 0 Å². The van der Waals surface area contributed by atoms with Crippen LogP contribution in [0.5, 0.6) is 0 Å². The average Bonchev–Trinajstić information content (AvgIpc) is 2.37. The number of carbonyl (C=O) groups is 1. The SMILES string of the molecule is CC(=O)O.CCCCCCCC(CC)N(CC)CC. The number of aliphatic carboxylic acids is 1. The number of carboxylic acid groups (broad SMARTS) is 1. The molecule has 0 aliphatic carbocycles. The standard InChI is InChI=1S/C14H31N.C2H4O2/c1-5-9-10-11-12-13-14(6-2)15(7-3)8-4;1-2(3)4/h14H,5-13H2,1-4H3;1H3,(H,3,4). The molecule has 0 aromatic carbocycles. The molecule has 0 aliphatic rings. The molecule has 3 nitrogen and oxygen atoms in total. The summed E-state index contributed by atoms with van der Waals surface area (Å²) in [4.78, 5) is 11.6. The highest BCUT2D eigenvalue weighted by Gasteiger charge is 2.12. The maximum absolute atomic E-state index is 9.00. The summed E-state index contributed by atoms with van der Waals surface area (Å²) in [6.45, 7) is 12.7. The van der Waals surface area contributed by atoms with Crippen molar-refractivity contribution in [3.8, 4) is 0 Å². The lowest BCUT2D eigenvalue weighted by atomic mass is 10.0. The maximum atomic E-state index is 9.00. The highest BCUT2D eigenvalue weighted by molar-refractivity contribution is 5.62. The van der Waals surface area contributed by atoms with Gasteiger partial charge in [0.2, 0.25) is 0 Å². The number of unbranched alkanes of at least 4 members (excludes halogenated alkanes) is 4. The Bertz CT molecular complexity index is 187. The molecule has 0 rings (SSSR count). The number of hydrogen-bond donors (Lipinski definition) is 1. The Hall–Kier alpha value is -0.570. The Morgan fingerprint density at radius 3 is 1.84 bits per heavy atom. The third-order valence-electron chi connectivity index (χ3n) is 3.44. The van der Waals surface area contributed by atoms with Gasteiger partial charge in [-0.15, -0.1) is 0 Å². The van der Waals surface area contributed by atoms with E-state index in [0.29, 0.717) is 0 Å². The second-order valence-corrected chi connectivity index (χ2v) is 5.01. The quantitative estimate of drug-likeness (QED) is 0.593. The van der Waals surface area contributed by atoms with Gasteiger partial charge in [-0.2, -0.15) is 0 Å². The van der Waals surface area contributed by atoms with Crippen LogP contribution in [0.3, 0.4) is 0 Å². The molecule has 0 heterocycles. The Morgan fingerprint density at radius 1 is 1.00 bits per heavy atom. The molecule has 0 aliphatic heterocycles. The predicted molar refractivity (Wildman–Crippen MR) is 83.7 cm³/mol. The fourth-order valence-electron chi connectivity index (χ4n) is 2.37. The number of hydrogen-bond acceptors (Lipinski definition) is 2. The molecule has 116 valence electrons. The molecule has 1 unspecified atom stereocenters. The normalized spacial score (nSPS) is 11.9. The molecule has 1 N–H and O–H groups in total. The highest BCUT2D eigenvalue weighted by Crippen LogP contribution is 2.14. The number of carboxylic acids is 1. The monoisotopic (exact) mass is 273 g/mol. The first-order valence-electron chi connectivity index (χ1n) is 7.96. The lowest BCUT2D eigenvalue weighted by Gasteiger charge is -2.28. The molecule has 0 spiro atoms. The lowest BCUT2D eigenvalue weighted by Crippen LogP contribution is -2.34. The van der Waals surface area contributed by atoms with Crippen LogP contribution in [-0.2, 0) is 4.79 Å². The van der Waals surface area contributed by atoms with Gasteiger partial charge < -0.3 is 10.0 Å². The molecular formula is C16H35NO2. The van der Waals surface area contributed by atoms with Crippen molar-refractivity contribution in [2.24, 2.45) is 0 Å². The van der Waals surface area contributed by atoms with E-state index in [1.54, 1.807) is 0 Å². The minimum absolute atomic E-state index is 0.833. The zero-order valence-electron chi connectivity index (χ0n) is 13.7. The number of nitrogens with zero attached hydrogens (tertiary/aromatic N) is 1. The fourth-order valence-corrected chi connectivity index (χ4v) is 2.37. The Kier molecular flexibility index (Phi) is 16.9. The van der Waals surface area contributed by atoms with E-state index in [4.69, 9.17) is 9.90 Å². The zero-order chi connectivity index (χ0) is 15.1. The van der Waals surface area contributed by atoms with Gasteiger partial charge in [-0.1, -0.05) is 59.8 Å². The van der Waals surface area contributed by atoms with Crippen molar-refractivity contribution < 1.29 is 9.90 Å². The van der Waals surface area contributed by atoms with E-state index in [1.165, 1.54) is 58.0 Å². The first-order valence-corrected chi connectivity index (χ1v) is 7.96. The van der Waals surface area contributed by atoms with Crippen LogP contribution in [-0.4, -0.2) is 35.1 Å². The van der Waals surface area contributed by atoms with E-state index in [-0.39, 0.29) is 0 Å². The largest absolute Gasteiger partial charge is 0.481 e. The molecule has 0 bridgehead atoms. The van der Waals surface area contributed by atoms with Gasteiger partial charge in [-0.25, -0.2) is 0 Å². The van der Waals surface area contributed by atoms with Crippen LogP contribution in [0.4, 0.5) is 0 Å². The van der Waals surface area contributed by atoms with Crippen LogP contribution in [0.1, 0.15) is 79.6 Å². The molecule has 0 aromatic rings. The fraction of sp³-hybridized carbons (Fsp3) is 0.938. The van der Waals surface area contributed by atoms with Crippen LogP contribution in [0, 0.1) is 0 Å². The zero-order valence-corrected chi connectivity index (χ0v) is 13.7. The van der Waals surface area contributed by atoms with Crippen molar-refractivity contribution in [3.05, 3.63) is 0 Å². The summed E-state index contributed by atoms with van der Waals surface area (Å²) in [5, 5.41) is 7.42. The third-order valence-corrected chi connectivity index (χ3v) is 3.44. The molecule has 19 heavy (non-hydrogen) atoms. The molecule has 0 amide bonds. The van der Waals surface area contributed by atoms with Gasteiger partial charge in [0, 0.05) is 13.0 Å². The summed E-state index contributed by atoms with van der Waals surface area (Å²) in [6, 6.07) is 0.835. The number of rotatable bonds is 10. The van der Waals surface area contributed by atoms with Crippen LogP contribution in [0.2, 0.25) is 0 Å². The van der Waals surface area contributed by atoms with E-state index in [0.717, 1.165) is 13.0 Å². The summed E-state index contributed by atoms with van der Waals surface area (Å²) in [5.41, 5.74) is 0. The molecular weight excluding hydrogens is 238 g/mol. The third kappa shape index (κ3) is 15.4. The minimum atomic E-state index is -0.833. The predicted octanol–water partition coefficient (Wildman–Crippen LogP) is 4.56. The van der Waals surface area contributed by atoms with Crippen molar-refractivity contribution in [2.75, 3.05) is 13.1 Å². The summed E-state index contributed by atoms with van der Waals surface area (Å²) in [6.07, 6.45) is 9.79. The van der Waals surface area contributed by atoms with Crippen molar-refractivity contribution in [1.82, 2.24) is 4.90 Å². The van der Waals surface area contributed by atoms with Crippen molar-refractivity contribution in [1.29, 1.82) is 0 Å². The molecule has 0 saturated heterocycles. The van der Waals surface area contributed by atoms with Gasteiger partial charge in [-0.3, -0.25) is 4.79 Å². The van der Waals surface area contributed by atoms with Crippen molar-refractivity contribution in [2.45, 2.75) is 85.6 Å². The topological polar surface area (TPSA) is 40.5 Å². The van der Waals surface area contributed by atoms with E-state index >= 15 is 0 Å². The van der Waals surface area contributed by atoms with Gasteiger partial charge in [-0.05, 0) is 25.9 Å². The first-order chi connectivity index (χ1) is 9.03. The van der Waals surface area contributed by atoms with Crippen molar-refractivity contribution in [3.63, 3.8) is 0 Å². The molecule has 0 saturated carbocycles. The lowest BCUT2D eigenvalue weighted by molar-refractivity contribution is -0.134.